The van der Waals surface area contributed by atoms with Crippen LogP contribution in [0.1, 0.15) is 22.3 Å². The Balaban J connectivity index is 2.33. The van der Waals surface area contributed by atoms with E-state index in [2.05, 4.69) is 0 Å². The normalized spacial score (nSPS) is 13.1. The molecule has 0 aromatic carbocycles. The fourth-order valence-corrected chi connectivity index (χ4v) is 2.01. The van der Waals surface area contributed by atoms with E-state index in [4.69, 9.17) is 4.42 Å². The summed E-state index contributed by atoms with van der Waals surface area (Å²) in [5.41, 5.74) is 0.931. The predicted molar refractivity (Wildman–Crippen MR) is 51.8 cm³/mol. The monoisotopic (exact) mass is 194 g/mol. The average Bonchev–Trinajstić information content (AvgIpc) is 2.72. The fraction of sp³-hybridized carbons (Fsp3) is 0.200. The van der Waals surface area contributed by atoms with Crippen LogP contribution in [0, 0.1) is 6.92 Å². The van der Waals surface area contributed by atoms with Crippen LogP contribution in [0.15, 0.2) is 34.3 Å². The number of aliphatic hydroxyl groups is 1. The first-order chi connectivity index (χ1) is 6.29. The number of furan rings is 1. The van der Waals surface area contributed by atoms with Crippen molar-refractivity contribution in [2.75, 3.05) is 0 Å². The van der Waals surface area contributed by atoms with Gasteiger partial charge in [-0.15, -0.1) is 11.3 Å². The lowest BCUT2D eigenvalue weighted by Gasteiger charge is -2.06. The van der Waals surface area contributed by atoms with Crippen LogP contribution in [-0.4, -0.2) is 5.11 Å². The molecular formula is C10H10O2S. The third-order valence-electron chi connectivity index (χ3n) is 2.01. The van der Waals surface area contributed by atoms with Gasteiger partial charge in [0.25, 0.3) is 0 Å². The number of hydrogen-bond donors (Lipinski definition) is 1. The Hall–Kier alpha value is -1.06. The second kappa shape index (κ2) is 3.36. The van der Waals surface area contributed by atoms with E-state index in [1.165, 1.54) is 0 Å². The molecule has 0 aliphatic rings. The van der Waals surface area contributed by atoms with Gasteiger partial charge in [0.05, 0.1) is 6.26 Å². The molecule has 0 fully saturated rings. The smallest absolute Gasteiger partial charge is 0.138 e. The van der Waals surface area contributed by atoms with Crippen molar-refractivity contribution in [1.82, 2.24) is 0 Å². The van der Waals surface area contributed by atoms with Crippen LogP contribution in [0.5, 0.6) is 0 Å². The minimum absolute atomic E-state index is 0.599. The van der Waals surface area contributed by atoms with Crippen LogP contribution in [0.4, 0.5) is 0 Å². The zero-order valence-electron chi connectivity index (χ0n) is 7.23. The first kappa shape index (κ1) is 8.53. The van der Waals surface area contributed by atoms with Gasteiger partial charge in [-0.1, -0.05) is 0 Å². The van der Waals surface area contributed by atoms with Gasteiger partial charge in [-0.3, -0.25) is 0 Å². The lowest BCUT2D eigenvalue weighted by molar-refractivity contribution is 0.189. The topological polar surface area (TPSA) is 33.4 Å². The molecule has 13 heavy (non-hydrogen) atoms. The Kier molecular flexibility index (Phi) is 2.20. The maximum atomic E-state index is 9.86. The largest absolute Gasteiger partial charge is 0.466 e. The van der Waals surface area contributed by atoms with Crippen molar-refractivity contribution in [1.29, 1.82) is 0 Å². The van der Waals surface area contributed by atoms with E-state index in [-0.39, 0.29) is 0 Å². The molecule has 2 heterocycles. The molecule has 2 nitrogen and oxygen atoms in total. The number of aryl methyl sites for hydroxylation is 1. The van der Waals surface area contributed by atoms with Gasteiger partial charge >= 0.3 is 0 Å². The number of rotatable bonds is 2. The van der Waals surface area contributed by atoms with E-state index in [1.54, 1.807) is 29.7 Å². The minimum atomic E-state index is -0.624. The summed E-state index contributed by atoms with van der Waals surface area (Å²) in [4.78, 5) is 1.13. The van der Waals surface area contributed by atoms with E-state index in [0.29, 0.717) is 5.76 Å². The molecule has 0 bridgehead atoms. The standard InChI is InChI=1S/C10H10O2S/c1-7-8(4-6-13-7)10(11)9-3-2-5-12-9/h2-6,10-11H,1H3. The van der Waals surface area contributed by atoms with Crippen molar-refractivity contribution in [3.8, 4) is 0 Å². The molecular weight excluding hydrogens is 184 g/mol. The molecule has 2 rings (SSSR count). The Morgan fingerprint density at radius 3 is 2.85 bits per heavy atom. The van der Waals surface area contributed by atoms with Crippen LogP contribution in [-0.2, 0) is 0 Å². The number of hydrogen-bond acceptors (Lipinski definition) is 3. The predicted octanol–water partition coefficient (Wildman–Crippen LogP) is 2.73. The maximum absolute atomic E-state index is 9.86. The van der Waals surface area contributed by atoms with Crippen molar-refractivity contribution < 1.29 is 9.52 Å². The second-order valence-electron chi connectivity index (χ2n) is 2.85. The first-order valence-corrected chi connectivity index (χ1v) is 4.92. The summed E-state index contributed by atoms with van der Waals surface area (Å²) < 4.78 is 5.13. The Labute approximate surface area is 80.4 Å². The van der Waals surface area contributed by atoms with Crippen LogP contribution < -0.4 is 0 Å². The van der Waals surface area contributed by atoms with E-state index in [0.717, 1.165) is 10.4 Å². The highest BCUT2D eigenvalue weighted by atomic mass is 32.1. The van der Waals surface area contributed by atoms with Crippen LogP contribution in [0.2, 0.25) is 0 Å². The summed E-state index contributed by atoms with van der Waals surface area (Å²) >= 11 is 1.63. The summed E-state index contributed by atoms with van der Waals surface area (Å²) in [5.74, 6) is 0.599. The van der Waals surface area contributed by atoms with Gasteiger partial charge < -0.3 is 9.52 Å². The maximum Gasteiger partial charge on any atom is 0.138 e. The molecule has 3 heteroatoms. The zero-order valence-corrected chi connectivity index (χ0v) is 8.04. The molecule has 68 valence electrons. The molecule has 0 saturated carbocycles. The SMILES string of the molecule is Cc1sccc1C(O)c1ccco1. The Morgan fingerprint density at radius 2 is 2.31 bits per heavy atom. The van der Waals surface area contributed by atoms with E-state index >= 15 is 0 Å². The summed E-state index contributed by atoms with van der Waals surface area (Å²) in [6, 6.07) is 5.48. The zero-order chi connectivity index (χ0) is 9.26. The van der Waals surface area contributed by atoms with Crippen LogP contribution in [0.25, 0.3) is 0 Å². The molecule has 0 saturated heterocycles. The number of thiophene rings is 1. The summed E-state index contributed by atoms with van der Waals surface area (Å²) in [6.45, 7) is 1.99. The van der Waals surface area contributed by atoms with Gasteiger partial charge in [-0.25, -0.2) is 0 Å². The molecule has 0 aliphatic heterocycles. The highest BCUT2D eigenvalue weighted by Gasteiger charge is 2.15. The molecule has 0 radical (unpaired) electrons. The minimum Gasteiger partial charge on any atom is -0.466 e. The van der Waals surface area contributed by atoms with Gasteiger partial charge in [-0.2, -0.15) is 0 Å². The summed E-state index contributed by atoms with van der Waals surface area (Å²) in [6.07, 6.45) is 0.946. The van der Waals surface area contributed by atoms with Gasteiger partial charge in [0.15, 0.2) is 0 Å². The van der Waals surface area contributed by atoms with Crippen molar-refractivity contribution in [2.24, 2.45) is 0 Å². The third kappa shape index (κ3) is 1.53. The highest BCUT2D eigenvalue weighted by Crippen LogP contribution is 2.27. The summed E-state index contributed by atoms with van der Waals surface area (Å²) in [7, 11) is 0. The Bertz CT molecular complexity index is 375. The fourth-order valence-electron chi connectivity index (χ4n) is 1.28. The molecule has 1 N–H and O–H groups in total. The van der Waals surface area contributed by atoms with Crippen molar-refractivity contribution >= 4 is 11.3 Å². The lowest BCUT2D eigenvalue weighted by atomic mass is 10.1. The number of aliphatic hydroxyl groups excluding tert-OH is 1. The van der Waals surface area contributed by atoms with Gasteiger partial charge in [0.1, 0.15) is 11.9 Å². The molecule has 1 unspecified atom stereocenters. The lowest BCUT2D eigenvalue weighted by Crippen LogP contribution is -1.97. The van der Waals surface area contributed by atoms with Crippen molar-refractivity contribution in [3.05, 3.63) is 46.0 Å². The van der Waals surface area contributed by atoms with Crippen molar-refractivity contribution in [3.63, 3.8) is 0 Å². The third-order valence-corrected chi connectivity index (χ3v) is 2.87. The Morgan fingerprint density at radius 1 is 1.46 bits per heavy atom. The molecule has 0 aliphatic carbocycles. The molecule has 2 aromatic rings. The summed E-state index contributed by atoms with van der Waals surface area (Å²) in [5, 5.41) is 11.8. The highest BCUT2D eigenvalue weighted by molar-refractivity contribution is 7.10. The molecule has 2 aromatic heterocycles. The molecule has 0 amide bonds. The van der Waals surface area contributed by atoms with Gasteiger partial charge in [-0.05, 0) is 30.5 Å². The van der Waals surface area contributed by atoms with E-state index < -0.39 is 6.10 Å². The first-order valence-electron chi connectivity index (χ1n) is 4.04. The van der Waals surface area contributed by atoms with Crippen molar-refractivity contribution in [2.45, 2.75) is 13.0 Å². The van der Waals surface area contributed by atoms with Gasteiger partial charge in [0, 0.05) is 10.4 Å². The van der Waals surface area contributed by atoms with Gasteiger partial charge in [0.2, 0.25) is 0 Å². The average molecular weight is 194 g/mol. The second-order valence-corrected chi connectivity index (χ2v) is 3.97. The molecule has 1 atom stereocenters. The van der Waals surface area contributed by atoms with E-state index in [1.807, 2.05) is 18.4 Å². The van der Waals surface area contributed by atoms with Crippen LogP contribution in [0.3, 0.4) is 0 Å². The molecule has 0 spiro atoms. The quantitative estimate of drug-likeness (QED) is 0.797. The van der Waals surface area contributed by atoms with Crippen LogP contribution >= 0.6 is 11.3 Å². The van der Waals surface area contributed by atoms with E-state index in [9.17, 15) is 5.11 Å².